The number of nitrogens with one attached hydrogen (secondary N) is 1. The van der Waals surface area contributed by atoms with Crippen molar-refractivity contribution in [1.29, 1.82) is 0 Å². The second-order valence-electron chi connectivity index (χ2n) is 6.53. The van der Waals surface area contributed by atoms with E-state index in [-0.39, 0.29) is 24.4 Å². The highest BCUT2D eigenvalue weighted by Gasteiger charge is 2.26. The molecule has 0 aromatic heterocycles. The highest BCUT2D eigenvalue weighted by atomic mass is 16.2. The zero-order chi connectivity index (χ0) is 17.5. The zero-order valence-corrected chi connectivity index (χ0v) is 15.0. The van der Waals surface area contributed by atoms with Gasteiger partial charge >= 0.3 is 0 Å². The minimum Gasteiger partial charge on any atom is -0.335 e. The Morgan fingerprint density at radius 2 is 1.88 bits per heavy atom. The Bertz CT molecular complexity index is 567. The Morgan fingerprint density at radius 1 is 1.21 bits per heavy atom. The number of benzene rings is 1. The minimum absolute atomic E-state index is 0.0100. The number of piperidine rings is 1. The second-order valence-corrected chi connectivity index (χ2v) is 6.53. The van der Waals surface area contributed by atoms with Crippen molar-refractivity contribution in [1.82, 2.24) is 9.80 Å². The molecule has 0 radical (unpaired) electrons. The predicted octanol–water partition coefficient (Wildman–Crippen LogP) is 2.52. The molecule has 132 valence electrons. The molecule has 1 unspecified atom stereocenters. The van der Waals surface area contributed by atoms with Crippen molar-refractivity contribution in [2.75, 3.05) is 32.0 Å². The molecular formula is C19H29N3O2. The van der Waals surface area contributed by atoms with E-state index in [1.165, 1.54) is 11.3 Å². The summed E-state index contributed by atoms with van der Waals surface area (Å²) in [6.45, 7) is 6.01. The quantitative estimate of drug-likeness (QED) is 0.871. The molecule has 0 saturated carbocycles. The number of para-hydroxylation sites is 1. The van der Waals surface area contributed by atoms with Crippen LogP contribution in [0.25, 0.3) is 0 Å². The molecule has 1 aromatic rings. The molecule has 1 fully saturated rings. The van der Waals surface area contributed by atoms with Gasteiger partial charge in [0.25, 0.3) is 0 Å². The summed E-state index contributed by atoms with van der Waals surface area (Å²) < 4.78 is 0. The van der Waals surface area contributed by atoms with Gasteiger partial charge in [0.1, 0.15) is 0 Å². The largest absolute Gasteiger partial charge is 0.335 e. The van der Waals surface area contributed by atoms with Crippen molar-refractivity contribution >= 4 is 17.5 Å². The summed E-state index contributed by atoms with van der Waals surface area (Å²) >= 11 is 0. The highest BCUT2D eigenvalue weighted by molar-refractivity contribution is 5.95. The van der Waals surface area contributed by atoms with Crippen LogP contribution in [0.1, 0.15) is 38.7 Å². The van der Waals surface area contributed by atoms with E-state index in [0.717, 1.165) is 43.6 Å². The van der Waals surface area contributed by atoms with Gasteiger partial charge in [-0.3, -0.25) is 14.5 Å². The van der Waals surface area contributed by atoms with Crippen LogP contribution in [0.3, 0.4) is 0 Å². The third-order valence-electron chi connectivity index (χ3n) is 4.73. The minimum atomic E-state index is -0.161. The van der Waals surface area contributed by atoms with Crippen molar-refractivity contribution < 1.29 is 9.59 Å². The van der Waals surface area contributed by atoms with Crippen LogP contribution in [-0.2, 0) is 16.0 Å². The summed E-state index contributed by atoms with van der Waals surface area (Å²) in [4.78, 5) is 28.6. The fourth-order valence-corrected chi connectivity index (χ4v) is 3.21. The number of likely N-dealkylation sites (tertiary alicyclic amines) is 1. The van der Waals surface area contributed by atoms with E-state index in [0.29, 0.717) is 0 Å². The molecule has 2 amide bonds. The molecule has 0 bridgehead atoms. The summed E-state index contributed by atoms with van der Waals surface area (Å²) in [6, 6.07) is 7.61. The summed E-state index contributed by atoms with van der Waals surface area (Å²) in [7, 11) is 1.70. The maximum absolute atomic E-state index is 12.6. The maximum atomic E-state index is 12.6. The average Bonchev–Trinajstić information content (AvgIpc) is 2.61. The fraction of sp³-hybridized carbons (Fsp3) is 0.579. The molecule has 24 heavy (non-hydrogen) atoms. The molecule has 1 N–H and O–H groups in total. The van der Waals surface area contributed by atoms with E-state index in [1.807, 2.05) is 31.2 Å². The third-order valence-corrected chi connectivity index (χ3v) is 4.73. The van der Waals surface area contributed by atoms with E-state index >= 15 is 0 Å². The molecule has 1 atom stereocenters. The molecule has 2 rings (SSSR count). The van der Waals surface area contributed by atoms with E-state index in [2.05, 4.69) is 17.1 Å². The molecule has 0 spiro atoms. The number of rotatable bonds is 6. The summed E-state index contributed by atoms with van der Waals surface area (Å²) in [6.07, 6.45) is 4.40. The smallest absolute Gasteiger partial charge is 0.243 e. The van der Waals surface area contributed by atoms with E-state index in [4.69, 9.17) is 0 Å². The van der Waals surface area contributed by atoms with Gasteiger partial charge in [0.15, 0.2) is 0 Å². The van der Waals surface area contributed by atoms with Crippen LogP contribution in [0.2, 0.25) is 0 Å². The number of nitrogens with zero attached hydrogens (tertiary/aromatic N) is 2. The van der Waals surface area contributed by atoms with Gasteiger partial charge in [-0.1, -0.05) is 31.5 Å². The van der Waals surface area contributed by atoms with Gasteiger partial charge in [-0.25, -0.2) is 0 Å². The fourth-order valence-electron chi connectivity index (χ4n) is 3.21. The molecule has 1 heterocycles. The van der Waals surface area contributed by atoms with Gasteiger partial charge in [0.2, 0.25) is 11.8 Å². The number of aryl methyl sites for hydroxylation is 1. The number of likely N-dealkylation sites (N-methyl/N-ethyl adjacent to an activating group) is 1. The first-order valence-corrected chi connectivity index (χ1v) is 8.89. The Morgan fingerprint density at radius 3 is 2.54 bits per heavy atom. The van der Waals surface area contributed by atoms with Crippen LogP contribution >= 0.6 is 0 Å². The lowest BCUT2D eigenvalue weighted by molar-refractivity contribution is -0.138. The lowest BCUT2D eigenvalue weighted by Gasteiger charge is -2.33. The maximum Gasteiger partial charge on any atom is 0.243 e. The van der Waals surface area contributed by atoms with Gasteiger partial charge in [-0.15, -0.1) is 0 Å². The van der Waals surface area contributed by atoms with Gasteiger partial charge < -0.3 is 10.2 Å². The highest BCUT2D eigenvalue weighted by Crippen LogP contribution is 2.16. The summed E-state index contributed by atoms with van der Waals surface area (Å²) in [5.74, 6) is -0.145. The molecule has 1 aliphatic rings. The van der Waals surface area contributed by atoms with E-state index < -0.39 is 0 Å². The molecule has 1 saturated heterocycles. The van der Waals surface area contributed by atoms with E-state index in [1.54, 1.807) is 7.05 Å². The number of carbonyl (C=O) groups excluding carboxylic acids is 2. The van der Waals surface area contributed by atoms with Crippen LogP contribution < -0.4 is 5.32 Å². The average molecular weight is 331 g/mol. The van der Waals surface area contributed by atoms with Crippen molar-refractivity contribution in [2.24, 2.45) is 0 Å². The Hall–Kier alpha value is -1.88. The van der Waals surface area contributed by atoms with Crippen molar-refractivity contribution in [2.45, 2.75) is 45.6 Å². The second kappa shape index (κ2) is 8.83. The van der Waals surface area contributed by atoms with E-state index in [9.17, 15) is 9.59 Å². The first kappa shape index (κ1) is 18.5. The van der Waals surface area contributed by atoms with Gasteiger partial charge in [0.05, 0.1) is 12.6 Å². The standard InChI is InChI=1S/C19H29N3O2/c1-4-16-10-6-7-11-17(16)20-18(23)14-21(3)19(24)15(2)22-12-8-5-9-13-22/h6-7,10-11,15H,4-5,8-9,12-14H2,1-3H3,(H,20,23). The van der Waals surface area contributed by atoms with Gasteiger partial charge in [-0.05, 0) is 50.9 Å². The molecule has 1 aromatic carbocycles. The number of hydrogen-bond donors (Lipinski definition) is 1. The van der Waals surface area contributed by atoms with Gasteiger partial charge in [-0.2, -0.15) is 0 Å². The van der Waals surface area contributed by atoms with Crippen molar-refractivity contribution in [3.63, 3.8) is 0 Å². The number of carbonyl (C=O) groups is 2. The molecule has 0 aliphatic carbocycles. The number of anilines is 1. The molecule has 5 heteroatoms. The predicted molar refractivity (Wildman–Crippen MR) is 97.0 cm³/mol. The Labute approximate surface area is 145 Å². The Balaban J connectivity index is 1.89. The van der Waals surface area contributed by atoms with Crippen molar-refractivity contribution in [3.05, 3.63) is 29.8 Å². The normalized spacial score (nSPS) is 16.5. The van der Waals surface area contributed by atoms with Crippen LogP contribution in [0.15, 0.2) is 24.3 Å². The van der Waals surface area contributed by atoms with Crippen LogP contribution in [0, 0.1) is 0 Å². The Kier molecular flexibility index (Phi) is 6.79. The number of amides is 2. The molecule has 5 nitrogen and oxygen atoms in total. The monoisotopic (exact) mass is 331 g/mol. The van der Waals surface area contributed by atoms with Crippen molar-refractivity contribution in [3.8, 4) is 0 Å². The SMILES string of the molecule is CCc1ccccc1NC(=O)CN(C)C(=O)C(C)N1CCCCC1. The third kappa shape index (κ3) is 4.81. The van der Waals surface area contributed by atoms with Crippen LogP contribution in [-0.4, -0.2) is 54.3 Å². The molecular weight excluding hydrogens is 302 g/mol. The summed E-state index contributed by atoms with van der Waals surface area (Å²) in [5, 5.41) is 2.92. The zero-order valence-electron chi connectivity index (χ0n) is 15.0. The van der Waals surface area contributed by atoms with Crippen LogP contribution in [0.4, 0.5) is 5.69 Å². The van der Waals surface area contributed by atoms with Crippen LogP contribution in [0.5, 0.6) is 0 Å². The topological polar surface area (TPSA) is 52.7 Å². The first-order valence-electron chi connectivity index (χ1n) is 8.89. The van der Waals surface area contributed by atoms with Gasteiger partial charge in [0, 0.05) is 12.7 Å². The lowest BCUT2D eigenvalue weighted by Crippen LogP contribution is -2.49. The number of hydrogen-bond acceptors (Lipinski definition) is 3. The summed E-state index contributed by atoms with van der Waals surface area (Å²) in [5.41, 5.74) is 1.93. The first-order chi connectivity index (χ1) is 11.5. The lowest BCUT2D eigenvalue weighted by atomic mass is 10.1. The molecule has 1 aliphatic heterocycles.